The molecule has 0 unspecified atom stereocenters. The van der Waals surface area contributed by atoms with Gasteiger partial charge in [-0.1, -0.05) is 13.8 Å². The second-order valence-electron chi connectivity index (χ2n) is 3.78. The monoisotopic (exact) mass is 154 g/mol. The lowest BCUT2D eigenvalue weighted by Gasteiger charge is -2.03. The van der Waals surface area contributed by atoms with E-state index >= 15 is 0 Å². The quantitative estimate of drug-likeness (QED) is 0.487. The third-order valence-corrected chi connectivity index (χ3v) is 1.87. The molecule has 1 saturated carbocycles. The number of rotatable bonds is 4. The van der Waals surface area contributed by atoms with Gasteiger partial charge in [0.2, 0.25) is 0 Å². The van der Waals surface area contributed by atoms with Crippen molar-refractivity contribution < 1.29 is 0 Å². The molecule has 1 aliphatic rings. The van der Waals surface area contributed by atoms with Crippen LogP contribution in [0.3, 0.4) is 0 Å². The molecule has 0 spiro atoms. The predicted octanol–water partition coefficient (Wildman–Crippen LogP) is 1.94. The lowest BCUT2D eigenvalue weighted by Crippen LogP contribution is -2.13. The van der Waals surface area contributed by atoms with Gasteiger partial charge in [0.05, 0.1) is 11.9 Å². The molecule has 1 aliphatic carbocycles. The van der Waals surface area contributed by atoms with E-state index < -0.39 is 0 Å². The Morgan fingerprint density at radius 1 is 1.55 bits per heavy atom. The van der Waals surface area contributed by atoms with Crippen molar-refractivity contribution in [1.29, 1.82) is 0 Å². The summed E-state index contributed by atoms with van der Waals surface area (Å²) in [4.78, 5) is 4.35. The molecule has 2 nitrogen and oxygen atoms in total. The average molecular weight is 154 g/mol. The van der Waals surface area contributed by atoms with E-state index in [1.165, 1.54) is 19.3 Å². The Balaban J connectivity index is 2.13. The van der Waals surface area contributed by atoms with E-state index in [9.17, 15) is 0 Å². The molecule has 2 N–H and O–H groups in total. The molecular formula is C9H18N2. The zero-order chi connectivity index (χ0) is 8.27. The molecule has 0 radical (unpaired) electrons. The second kappa shape index (κ2) is 3.74. The molecule has 0 heterocycles. The van der Waals surface area contributed by atoms with E-state index in [1.54, 1.807) is 0 Å². The van der Waals surface area contributed by atoms with Gasteiger partial charge >= 0.3 is 0 Å². The third kappa shape index (κ3) is 4.02. The Bertz CT molecular complexity index is 146. The summed E-state index contributed by atoms with van der Waals surface area (Å²) in [5.74, 6) is 1.60. The molecule has 0 amide bonds. The van der Waals surface area contributed by atoms with Crippen molar-refractivity contribution >= 4 is 5.84 Å². The SMILES string of the molecule is CC(C)CCC(N)=NC1CC1. The zero-order valence-electron chi connectivity index (χ0n) is 7.51. The van der Waals surface area contributed by atoms with Gasteiger partial charge in [0.15, 0.2) is 0 Å². The summed E-state index contributed by atoms with van der Waals surface area (Å²) in [6.07, 6.45) is 4.65. The van der Waals surface area contributed by atoms with E-state index in [0.717, 1.165) is 18.2 Å². The number of hydrogen-bond donors (Lipinski definition) is 1. The van der Waals surface area contributed by atoms with Crippen LogP contribution in [0.2, 0.25) is 0 Å². The minimum absolute atomic E-state index is 0.585. The number of hydrogen-bond acceptors (Lipinski definition) is 1. The van der Waals surface area contributed by atoms with Crippen molar-refractivity contribution in [2.45, 2.75) is 45.6 Å². The maximum atomic E-state index is 5.71. The van der Waals surface area contributed by atoms with Gasteiger partial charge in [-0.05, 0) is 25.2 Å². The van der Waals surface area contributed by atoms with E-state index in [4.69, 9.17) is 5.73 Å². The summed E-state index contributed by atoms with van der Waals surface area (Å²) in [7, 11) is 0. The van der Waals surface area contributed by atoms with Gasteiger partial charge in [-0.15, -0.1) is 0 Å². The third-order valence-electron chi connectivity index (χ3n) is 1.87. The van der Waals surface area contributed by atoms with Crippen molar-refractivity contribution in [3.63, 3.8) is 0 Å². The first-order valence-electron chi connectivity index (χ1n) is 4.50. The molecule has 2 heteroatoms. The highest BCUT2D eigenvalue weighted by molar-refractivity contribution is 5.80. The smallest absolute Gasteiger partial charge is 0.0940 e. The summed E-state index contributed by atoms with van der Waals surface area (Å²) in [5, 5.41) is 0. The molecule has 0 atom stereocenters. The van der Waals surface area contributed by atoms with Crippen LogP contribution in [-0.2, 0) is 0 Å². The Morgan fingerprint density at radius 3 is 2.64 bits per heavy atom. The number of amidine groups is 1. The van der Waals surface area contributed by atoms with E-state index in [2.05, 4.69) is 18.8 Å². The Morgan fingerprint density at radius 2 is 2.18 bits per heavy atom. The van der Waals surface area contributed by atoms with Crippen molar-refractivity contribution in [2.75, 3.05) is 0 Å². The van der Waals surface area contributed by atoms with Crippen LogP contribution in [0.1, 0.15) is 39.5 Å². The van der Waals surface area contributed by atoms with Crippen LogP contribution < -0.4 is 5.73 Å². The summed E-state index contributed by atoms with van der Waals surface area (Å²) < 4.78 is 0. The van der Waals surface area contributed by atoms with Crippen LogP contribution in [0.25, 0.3) is 0 Å². The Hall–Kier alpha value is -0.530. The molecule has 0 aromatic heterocycles. The van der Waals surface area contributed by atoms with Gasteiger partial charge < -0.3 is 5.73 Å². The Kier molecular flexibility index (Phi) is 2.92. The van der Waals surface area contributed by atoms with Crippen LogP contribution in [0, 0.1) is 5.92 Å². The highest BCUT2D eigenvalue weighted by Crippen LogP contribution is 2.23. The summed E-state index contributed by atoms with van der Waals surface area (Å²) in [5.41, 5.74) is 5.71. The fourth-order valence-electron chi connectivity index (χ4n) is 0.939. The fraction of sp³-hybridized carbons (Fsp3) is 0.889. The Labute approximate surface area is 68.9 Å². The van der Waals surface area contributed by atoms with Crippen LogP contribution in [0.4, 0.5) is 0 Å². The fourth-order valence-corrected chi connectivity index (χ4v) is 0.939. The van der Waals surface area contributed by atoms with Gasteiger partial charge in [-0.2, -0.15) is 0 Å². The van der Waals surface area contributed by atoms with Crippen molar-refractivity contribution in [3.05, 3.63) is 0 Å². The first kappa shape index (κ1) is 8.57. The lowest BCUT2D eigenvalue weighted by molar-refractivity contribution is 0.601. The molecule has 0 bridgehead atoms. The first-order valence-corrected chi connectivity index (χ1v) is 4.50. The van der Waals surface area contributed by atoms with Gasteiger partial charge in [-0.3, -0.25) is 4.99 Å². The van der Waals surface area contributed by atoms with Crippen LogP contribution in [0.15, 0.2) is 4.99 Å². The van der Waals surface area contributed by atoms with Gasteiger partial charge in [0.1, 0.15) is 0 Å². The van der Waals surface area contributed by atoms with E-state index in [1.807, 2.05) is 0 Å². The highest BCUT2D eigenvalue weighted by Gasteiger charge is 2.20. The molecule has 0 saturated heterocycles. The second-order valence-corrected chi connectivity index (χ2v) is 3.78. The average Bonchev–Trinajstić information content (AvgIpc) is 2.67. The minimum Gasteiger partial charge on any atom is -0.387 e. The molecule has 11 heavy (non-hydrogen) atoms. The largest absolute Gasteiger partial charge is 0.387 e. The minimum atomic E-state index is 0.585. The normalized spacial score (nSPS) is 19.4. The molecule has 0 aromatic carbocycles. The van der Waals surface area contributed by atoms with Crippen LogP contribution in [0.5, 0.6) is 0 Å². The molecule has 0 aliphatic heterocycles. The van der Waals surface area contributed by atoms with Crippen molar-refractivity contribution in [2.24, 2.45) is 16.6 Å². The molecule has 64 valence electrons. The van der Waals surface area contributed by atoms with Gasteiger partial charge in [0, 0.05) is 6.42 Å². The van der Waals surface area contributed by atoms with Gasteiger partial charge in [0.25, 0.3) is 0 Å². The van der Waals surface area contributed by atoms with Crippen LogP contribution in [-0.4, -0.2) is 11.9 Å². The van der Waals surface area contributed by atoms with E-state index in [0.29, 0.717) is 6.04 Å². The standard InChI is InChI=1S/C9H18N2/c1-7(2)3-6-9(10)11-8-4-5-8/h7-8H,3-6H2,1-2H3,(H2,10,11). The van der Waals surface area contributed by atoms with Crippen LogP contribution >= 0.6 is 0 Å². The summed E-state index contributed by atoms with van der Waals surface area (Å²) in [6, 6.07) is 0.585. The maximum absolute atomic E-state index is 5.71. The molecule has 0 aromatic rings. The van der Waals surface area contributed by atoms with Crippen molar-refractivity contribution in [3.8, 4) is 0 Å². The van der Waals surface area contributed by atoms with Gasteiger partial charge in [-0.25, -0.2) is 0 Å². The summed E-state index contributed by atoms with van der Waals surface area (Å²) >= 11 is 0. The molecular weight excluding hydrogens is 136 g/mol. The summed E-state index contributed by atoms with van der Waals surface area (Å²) in [6.45, 7) is 4.43. The number of aliphatic imine (C=N–C) groups is 1. The topological polar surface area (TPSA) is 38.4 Å². The van der Waals surface area contributed by atoms with Crippen molar-refractivity contribution in [1.82, 2.24) is 0 Å². The number of nitrogens with zero attached hydrogens (tertiary/aromatic N) is 1. The zero-order valence-corrected chi connectivity index (χ0v) is 7.51. The lowest BCUT2D eigenvalue weighted by atomic mass is 10.1. The first-order chi connectivity index (χ1) is 5.18. The van der Waals surface area contributed by atoms with E-state index in [-0.39, 0.29) is 0 Å². The molecule has 1 rings (SSSR count). The highest BCUT2D eigenvalue weighted by atomic mass is 14.9. The maximum Gasteiger partial charge on any atom is 0.0940 e. The predicted molar refractivity (Wildman–Crippen MR) is 48.7 cm³/mol. The molecule has 1 fully saturated rings. The number of nitrogens with two attached hydrogens (primary N) is 1.